The first-order valence-electron chi connectivity index (χ1n) is 12.9. The third-order valence-corrected chi connectivity index (χ3v) is 13.1. The van der Waals surface area contributed by atoms with E-state index in [1.165, 1.54) is 21.5 Å². The van der Waals surface area contributed by atoms with Crippen LogP contribution in [-0.2, 0) is 16.5 Å². The molecular formula is C32H36O3PS+. The van der Waals surface area contributed by atoms with Crippen LogP contribution in [-0.4, -0.2) is 24.4 Å². The van der Waals surface area contributed by atoms with Crippen molar-refractivity contribution in [1.29, 1.82) is 0 Å². The van der Waals surface area contributed by atoms with Gasteiger partial charge in [0.25, 0.3) is 10.1 Å². The van der Waals surface area contributed by atoms with Gasteiger partial charge < -0.3 is 0 Å². The predicted octanol–water partition coefficient (Wildman–Crippen LogP) is 6.38. The summed E-state index contributed by atoms with van der Waals surface area (Å²) in [4.78, 5) is 0. The Kier molecular flexibility index (Phi) is 8.97. The molecule has 192 valence electrons. The van der Waals surface area contributed by atoms with Gasteiger partial charge in [0.15, 0.2) is 0 Å². The van der Waals surface area contributed by atoms with Gasteiger partial charge in [-0.05, 0) is 66.3 Å². The van der Waals surface area contributed by atoms with E-state index in [1.807, 2.05) is 30.3 Å². The summed E-state index contributed by atoms with van der Waals surface area (Å²) < 4.78 is 35.6. The Morgan fingerprint density at radius 2 is 1.14 bits per heavy atom. The van der Waals surface area contributed by atoms with Crippen molar-refractivity contribution in [2.75, 3.05) is 6.16 Å². The fourth-order valence-corrected chi connectivity index (χ4v) is 10.5. The van der Waals surface area contributed by atoms with Crippen molar-refractivity contribution in [3.8, 4) is 0 Å². The van der Waals surface area contributed by atoms with Gasteiger partial charge in [-0.2, -0.15) is 8.42 Å². The van der Waals surface area contributed by atoms with Crippen molar-refractivity contribution < 1.29 is 13.0 Å². The van der Waals surface area contributed by atoms with Crippen LogP contribution in [0.2, 0.25) is 0 Å². The number of hydrogen-bond donors (Lipinski definition) is 1. The van der Waals surface area contributed by atoms with Crippen molar-refractivity contribution in [2.45, 2.75) is 44.3 Å². The molecule has 1 N–H and O–H groups in total. The molecule has 5 heteroatoms. The van der Waals surface area contributed by atoms with Gasteiger partial charge in [-0.15, -0.1) is 0 Å². The minimum Gasteiger partial charge on any atom is -0.285 e. The molecule has 0 fully saturated rings. The second-order valence-electron chi connectivity index (χ2n) is 9.72. The molecule has 4 aromatic carbocycles. The standard InChI is InChI=1S/C32H35O3PS/c1-3-26(2)28-21-19-27(20-22-28)25-32(37(33,34)35)23-24-36(29-13-7-4-8-14-29,30-15-9-5-10-16-30)31-17-11-6-12-18-31/h4-22,26,32H,3,23-25H2,1-2H3/p+1. The molecular weight excluding hydrogens is 495 g/mol. The lowest BCUT2D eigenvalue weighted by Gasteiger charge is -2.29. The minimum absolute atomic E-state index is 0.290. The molecule has 0 saturated heterocycles. The predicted molar refractivity (Wildman–Crippen MR) is 159 cm³/mol. The highest BCUT2D eigenvalue weighted by atomic mass is 32.2. The molecule has 0 spiro atoms. The van der Waals surface area contributed by atoms with E-state index in [0.29, 0.717) is 18.5 Å². The molecule has 2 unspecified atom stereocenters. The van der Waals surface area contributed by atoms with Crippen LogP contribution in [0, 0.1) is 0 Å². The molecule has 4 rings (SSSR count). The van der Waals surface area contributed by atoms with Crippen molar-refractivity contribution in [3.05, 3.63) is 126 Å². The zero-order valence-electron chi connectivity index (χ0n) is 21.6. The van der Waals surface area contributed by atoms with E-state index in [4.69, 9.17) is 0 Å². The summed E-state index contributed by atoms with van der Waals surface area (Å²) in [5.41, 5.74) is 2.18. The zero-order chi connectivity index (χ0) is 26.3. The monoisotopic (exact) mass is 531 g/mol. The van der Waals surface area contributed by atoms with Gasteiger partial charge in [-0.3, -0.25) is 4.55 Å². The molecule has 0 aliphatic heterocycles. The number of rotatable bonds is 11. The lowest BCUT2D eigenvalue weighted by atomic mass is 9.96. The summed E-state index contributed by atoms with van der Waals surface area (Å²) in [5.74, 6) is 0.458. The van der Waals surface area contributed by atoms with Crippen LogP contribution in [0.1, 0.15) is 43.7 Å². The van der Waals surface area contributed by atoms with E-state index in [2.05, 4.69) is 98.8 Å². The van der Waals surface area contributed by atoms with Gasteiger partial charge in [0.2, 0.25) is 0 Å². The first-order chi connectivity index (χ1) is 17.8. The third kappa shape index (κ3) is 6.38. The quantitative estimate of drug-likeness (QED) is 0.180. The molecule has 0 aliphatic carbocycles. The molecule has 37 heavy (non-hydrogen) atoms. The molecule has 2 atom stereocenters. The average Bonchev–Trinajstić information content (AvgIpc) is 2.94. The maximum atomic E-state index is 12.7. The van der Waals surface area contributed by atoms with Gasteiger partial charge in [0.1, 0.15) is 23.2 Å². The van der Waals surface area contributed by atoms with Crippen LogP contribution in [0.25, 0.3) is 0 Å². The lowest BCUT2D eigenvalue weighted by molar-refractivity contribution is 0.463. The highest BCUT2D eigenvalue weighted by Crippen LogP contribution is 2.56. The highest BCUT2D eigenvalue weighted by molar-refractivity contribution is 7.95. The maximum absolute atomic E-state index is 12.7. The first kappa shape index (κ1) is 27.3. The second-order valence-corrected chi connectivity index (χ2v) is 15.0. The minimum atomic E-state index is -4.25. The number of benzene rings is 4. The smallest absolute Gasteiger partial charge is 0.268 e. The number of hydrogen-bond acceptors (Lipinski definition) is 2. The topological polar surface area (TPSA) is 54.4 Å². The molecule has 0 heterocycles. The summed E-state index contributed by atoms with van der Waals surface area (Å²) in [6.45, 7) is 4.35. The van der Waals surface area contributed by atoms with Gasteiger partial charge in [-0.25, -0.2) is 0 Å². The Bertz CT molecular complexity index is 1260. The highest BCUT2D eigenvalue weighted by Gasteiger charge is 2.46. The average molecular weight is 532 g/mol. The summed E-state index contributed by atoms with van der Waals surface area (Å²) >= 11 is 0. The zero-order valence-corrected chi connectivity index (χ0v) is 23.3. The summed E-state index contributed by atoms with van der Waals surface area (Å²) in [6.07, 6.45) is 2.34. The van der Waals surface area contributed by atoms with E-state index in [1.54, 1.807) is 0 Å². The van der Waals surface area contributed by atoms with Gasteiger partial charge in [-0.1, -0.05) is 92.7 Å². The van der Waals surface area contributed by atoms with Crippen LogP contribution in [0.5, 0.6) is 0 Å². The molecule has 0 aromatic heterocycles. The van der Waals surface area contributed by atoms with E-state index < -0.39 is 22.6 Å². The van der Waals surface area contributed by atoms with E-state index in [0.717, 1.165) is 12.0 Å². The van der Waals surface area contributed by atoms with Crippen molar-refractivity contribution >= 4 is 33.3 Å². The van der Waals surface area contributed by atoms with Crippen molar-refractivity contribution in [1.82, 2.24) is 0 Å². The van der Waals surface area contributed by atoms with Gasteiger partial charge in [0.05, 0.1) is 11.4 Å². The van der Waals surface area contributed by atoms with Crippen LogP contribution >= 0.6 is 7.26 Å². The molecule has 0 aliphatic rings. The van der Waals surface area contributed by atoms with Crippen molar-refractivity contribution in [3.63, 3.8) is 0 Å². The Hall–Kier alpha value is -2.78. The Balaban J connectivity index is 1.73. The maximum Gasteiger partial charge on any atom is 0.268 e. The fourth-order valence-electron chi connectivity index (χ4n) is 5.06. The van der Waals surface area contributed by atoms with Gasteiger partial charge >= 0.3 is 0 Å². The van der Waals surface area contributed by atoms with E-state index in [9.17, 15) is 13.0 Å². The molecule has 4 aromatic rings. The first-order valence-corrected chi connectivity index (χ1v) is 16.4. The summed E-state index contributed by atoms with van der Waals surface area (Å²) in [5, 5.41) is 2.75. The molecule has 0 bridgehead atoms. The third-order valence-electron chi connectivity index (χ3n) is 7.42. The van der Waals surface area contributed by atoms with E-state index in [-0.39, 0.29) is 6.42 Å². The Morgan fingerprint density at radius 1 is 0.703 bits per heavy atom. The van der Waals surface area contributed by atoms with Crippen molar-refractivity contribution in [2.24, 2.45) is 0 Å². The summed E-state index contributed by atoms with van der Waals surface area (Å²) in [6, 6.07) is 39.5. The van der Waals surface area contributed by atoms with Crippen LogP contribution < -0.4 is 15.9 Å². The Labute approximate surface area is 222 Å². The van der Waals surface area contributed by atoms with Crippen LogP contribution in [0.3, 0.4) is 0 Å². The van der Waals surface area contributed by atoms with Crippen LogP contribution in [0.4, 0.5) is 0 Å². The largest absolute Gasteiger partial charge is 0.285 e. The summed E-state index contributed by atoms with van der Waals surface area (Å²) in [7, 11) is -6.43. The second kappa shape index (κ2) is 12.2. The normalized spacial score (nSPS) is 13.7. The Morgan fingerprint density at radius 3 is 1.51 bits per heavy atom. The molecule has 0 radical (unpaired) electrons. The van der Waals surface area contributed by atoms with E-state index >= 15 is 0 Å². The molecule has 0 saturated carbocycles. The van der Waals surface area contributed by atoms with Crippen LogP contribution in [0.15, 0.2) is 115 Å². The molecule has 3 nitrogen and oxygen atoms in total. The lowest BCUT2D eigenvalue weighted by Crippen LogP contribution is -2.35. The van der Waals surface area contributed by atoms with Gasteiger partial charge in [0, 0.05) is 6.42 Å². The fraction of sp³-hybridized carbons (Fsp3) is 0.250. The molecule has 0 amide bonds. The SMILES string of the molecule is CCC(C)c1ccc(CC(CC[P+](c2ccccc2)(c2ccccc2)c2ccccc2)S(=O)(=O)O)cc1.